The number of hydrogen-bond acceptors (Lipinski definition) is 4. The first-order chi connectivity index (χ1) is 8.16. The molecule has 1 unspecified atom stereocenters. The average molecular weight is 254 g/mol. The Bertz CT molecular complexity index is 386. The van der Waals surface area contributed by atoms with Gasteiger partial charge in [-0.2, -0.15) is 0 Å². The van der Waals surface area contributed by atoms with Crippen molar-refractivity contribution in [3.63, 3.8) is 0 Å². The summed E-state index contributed by atoms with van der Waals surface area (Å²) in [6.07, 6.45) is 6.25. The molecule has 2 rings (SSSR count). The van der Waals surface area contributed by atoms with Gasteiger partial charge in [-0.05, 0) is 12.8 Å². The Hall–Kier alpha value is -0.940. The van der Waals surface area contributed by atoms with Crippen molar-refractivity contribution in [3.8, 4) is 0 Å². The maximum absolute atomic E-state index is 10.6. The van der Waals surface area contributed by atoms with Gasteiger partial charge < -0.3 is 10.8 Å². The van der Waals surface area contributed by atoms with E-state index < -0.39 is 12.0 Å². The van der Waals surface area contributed by atoms with Crippen molar-refractivity contribution >= 4 is 17.3 Å². The molecule has 0 bridgehead atoms. The zero-order valence-electron chi connectivity index (χ0n) is 9.76. The van der Waals surface area contributed by atoms with Crippen LogP contribution in [0.4, 0.5) is 0 Å². The van der Waals surface area contributed by atoms with Crippen LogP contribution in [0, 0.1) is 0 Å². The molecule has 1 saturated carbocycles. The minimum absolute atomic E-state index is 0.0478. The van der Waals surface area contributed by atoms with Crippen LogP contribution in [-0.2, 0) is 4.79 Å². The molecule has 0 aliphatic heterocycles. The highest BCUT2D eigenvalue weighted by atomic mass is 32.1. The number of aliphatic carboxylic acids is 1. The quantitative estimate of drug-likeness (QED) is 0.866. The SMILES string of the molecule is NC(CC(=O)O)c1csc(C2CCCCC2)n1. The van der Waals surface area contributed by atoms with Gasteiger partial charge in [0.25, 0.3) is 0 Å². The number of hydrogen-bond donors (Lipinski definition) is 2. The lowest BCUT2D eigenvalue weighted by atomic mass is 9.90. The Labute approximate surface area is 105 Å². The molecule has 3 N–H and O–H groups in total. The van der Waals surface area contributed by atoms with Gasteiger partial charge in [0.15, 0.2) is 0 Å². The maximum Gasteiger partial charge on any atom is 0.305 e. The van der Waals surface area contributed by atoms with Crippen molar-refractivity contribution in [3.05, 3.63) is 16.1 Å². The van der Waals surface area contributed by atoms with Gasteiger partial charge in [0, 0.05) is 11.3 Å². The van der Waals surface area contributed by atoms with Crippen LogP contribution in [0.1, 0.15) is 61.2 Å². The highest BCUT2D eigenvalue weighted by molar-refractivity contribution is 7.09. The molecule has 1 atom stereocenters. The van der Waals surface area contributed by atoms with E-state index in [1.54, 1.807) is 11.3 Å². The summed E-state index contributed by atoms with van der Waals surface area (Å²) in [6, 6.07) is -0.471. The Kier molecular flexibility index (Phi) is 4.12. The molecule has 1 aliphatic carbocycles. The minimum Gasteiger partial charge on any atom is -0.481 e. The molecule has 1 aromatic heterocycles. The fraction of sp³-hybridized carbons (Fsp3) is 0.667. The molecular formula is C12H18N2O2S. The van der Waals surface area contributed by atoms with Gasteiger partial charge in [-0.1, -0.05) is 19.3 Å². The van der Waals surface area contributed by atoms with Gasteiger partial charge in [-0.3, -0.25) is 4.79 Å². The number of nitrogens with zero attached hydrogens (tertiary/aromatic N) is 1. The standard InChI is InChI=1S/C12H18N2O2S/c13-9(6-11(15)16)10-7-17-12(14-10)8-4-2-1-3-5-8/h7-9H,1-6,13H2,(H,15,16). The molecule has 94 valence electrons. The van der Waals surface area contributed by atoms with Gasteiger partial charge in [0.1, 0.15) is 0 Å². The second-order valence-corrected chi connectivity index (χ2v) is 5.54. The largest absolute Gasteiger partial charge is 0.481 e. The second kappa shape index (κ2) is 5.60. The van der Waals surface area contributed by atoms with Crippen LogP contribution in [0.2, 0.25) is 0 Å². The van der Waals surface area contributed by atoms with Gasteiger partial charge in [-0.25, -0.2) is 4.98 Å². The highest BCUT2D eigenvalue weighted by Gasteiger charge is 2.20. The van der Waals surface area contributed by atoms with E-state index >= 15 is 0 Å². The third kappa shape index (κ3) is 3.26. The van der Waals surface area contributed by atoms with E-state index in [9.17, 15) is 4.79 Å². The Morgan fingerprint density at radius 1 is 1.53 bits per heavy atom. The van der Waals surface area contributed by atoms with Gasteiger partial charge in [-0.15, -0.1) is 11.3 Å². The van der Waals surface area contributed by atoms with Gasteiger partial charge in [0.05, 0.1) is 23.2 Å². The van der Waals surface area contributed by atoms with Crippen LogP contribution in [-0.4, -0.2) is 16.1 Å². The summed E-state index contributed by atoms with van der Waals surface area (Å²) in [6.45, 7) is 0. The van der Waals surface area contributed by atoms with E-state index in [1.807, 2.05) is 5.38 Å². The Balaban J connectivity index is 2.01. The zero-order chi connectivity index (χ0) is 12.3. The lowest BCUT2D eigenvalue weighted by molar-refractivity contribution is -0.137. The average Bonchev–Trinajstić information content (AvgIpc) is 2.78. The van der Waals surface area contributed by atoms with Crippen molar-refractivity contribution < 1.29 is 9.90 Å². The van der Waals surface area contributed by atoms with Crippen molar-refractivity contribution in [1.29, 1.82) is 0 Å². The number of rotatable bonds is 4. The lowest BCUT2D eigenvalue weighted by Gasteiger charge is -2.19. The summed E-state index contributed by atoms with van der Waals surface area (Å²) in [4.78, 5) is 15.1. The molecule has 1 heterocycles. The molecule has 4 nitrogen and oxygen atoms in total. The van der Waals surface area contributed by atoms with Crippen LogP contribution >= 0.6 is 11.3 Å². The zero-order valence-corrected chi connectivity index (χ0v) is 10.6. The first-order valence-electron chi connectivity index (χ1n) is 6.09. The van der Waals surface area contributed by atoms with Crippen molar-refractivity contribution in [1.82, 2.24) is 4.98 Å². The van der Waals surface area contributed by atoms with Gasteiger partial charge >= 0.3 is 5.97 Å². The summed E-state index contributed by atoms with van der Waals surface area (Å²) >= 11 is 1.63. The molecule has 17 heavy (non-hydrogen) atoms. The number of carboxylic acid groups (broad SMARTS) is 1. The predicted octanol–water partition coefficient (Wildman–Crippen LogP) is 2.67. The fourth-order valence-corrected chi connectivity index (χ4v) is 3.36. The van der Waals surface area contributed by atoms with E-state index in [1.165, 1.54) is 32.1 Å². The van der Waals surface area contributed by atoms with Crippen LogP contribution in [0.5, 0.6) is 0 Å². The first-order valence-corrected chi connectivity index (χ1v) is 6.97. The number of thiazole rings is 1. The van der Waals surface area contributed by atoms with E-state index in [0.29, 0.717) is 5.92 Å². The van der Waals surface area contributed by atoms with Crippen molar-refractivity contribution in [2.75, 3.05) is 0 Å². The minimum atomic E-state index is -0.871. The second-order valence-electron chi connectivity index (χ2n) is 4.65. The Morgan fingerprint density at radius 3 is 2.88 bits per heavy atom. The van der Waals surface area contributed by atoms with Gasteiger partial charge in [0.2, 0.25) is 0 Å². The number of aromatic nitrogens is 1. The molecule has 5 heteroatoms. The summed E-state index contributed by atoms with van der Waals surface area (Å²) in [5, 5.41) is 11.7. The van der Waals surface area contributed by atoms with E-state index in [-0.39, 0.29) is 6.42 Å². The van der Waals surface area contributed by atoms with E-state index in [2.05, 4.69) is 4.98 Å². The molecule has 0 spiro atoms. The molecule has 0 amide bonds. The normalized spacial score (nSPS) is 19.1. The van der Waals surface area contributed by atoms with Crippen molar-refractivity contribution in [2.45, 2.75) is 50.5 Å². The van der Waals surface area contributed by atoms with Crippen LogP contribution < -0.4 is 5.73 Å². The van der Waals surface area contributed by atoms with E-state index in [0.717, 1.165) is 10.7 Å². The predicted molar refractivity (Wildman–Crippen MR) is 67.1 cm³/mol. The molecule has 1 aliphatic rings. The molecule has 1 aromatic rings. The molecule has 0 radical (unpaired) electrons. The summed E-state index contributed by atoms with van der Waals surface area (Å²) < 4.78 is 0. The fourth-order valence-electron chi connectivity index (χ4n) is 2.30. The summed E-state index contributed by atoms with van der Waals surface area (Å²) in [7, 11) is 0. The first kappa shape index (κ1) is 12.5. The topological polar surface area (TPSA) is 76.2 Å². The molecule has 0 saturated heterocycles. The number of carbonyl (C=O) groups is 1. The molecule has 1 fully saturated rings. The van der Waals surface area contributed by atoms with Crippen LogP contribution in [0.25, 0.3) is 0 Å². The monoisotopic (exact) mass is 254 g/mol. The summed E-state index contributed by atoms with van der Waals surface area (Å²) in [5.74, 6) is -0.302. The van der Waals surface area contributed by atoms with Crippen molar-refractivity contribution in [2.24, 2.45) is 5.73 Å². The third-order valence-electron chi connectivity index (χ3n) is 3.27. The van der Waals surface area contributed by atoms with Crippen LogP contribution in [0.15, 0.2) is 5.38 Å². The molecular weight excluding hydrogens is 236 g/mol. The number of nitrogens with two attached hydrogens (primary N) is 1. The summed E-state index contributed by atoms with van der Waals surface area (Å²) in [5.41, 5.74) is 6.54. The maximum atomic E-state index is 10.6. The van der Waals surface area contributed by atoms with Crippen LogP contribution in [0.3, 0.4) is 0 Å². The molecule has 0 aromatic carbocycles. The lowest BCUT2D eigenvalue weighted by Crippen LogP contribution is -2.15. The Morgan fingerprint density at radius 2 is 2.24 bits per heavy atom. The van der Waals surface area contributed by atoms with E-state index in [4.69, 9.17) is 10.8 Å². The number of carboxylic acids is 1. The highest BCUT2D eigenvalue weighted by Crippen LogP contribution is 2.34. The third-order valence-corrected chi connectivity index (χ3v) is 4.29. The smallest absolute Gasteiger partial charge is 0.305 e.